The second kappa shape index (κ2) is 21.9. The van der Waals surface area contributed by atoms with E-state index >= 15 is 0 Å². The molecule has 0 atom stereocenters. The Kier molecular flexibility index (Phi) is 19.8. The Bertz CT molecular complexity index is 1020. The number of carbonyl (C=O) groups is 1. The summed E-state index contributed by atoms with van der Waals surface area (Å²) in [7, 11) is -4.00. The Morgan fingerprint density at radius 2 is 1.12 bits per heavy atom. The van der Waals surface area contributed by atoms with E-state index in [0.717, 1.165) is 17.7 Å². The van der Waals surface area contributed by atoms with E-state index in [2.05, 4.69) is 36.9 Å². The van der Waals surface area contributed by atoms with Crippen LogP contribution in [0.4, 0.5) is 5.69 Å². The minimum Gasteiger partial charge on any atom is -0.744 e. The first kappa shape index (κ1) is 36.2. The molecule has 7 heteroatoms. The molecule has 2 rings (SSSR count). The molecule has 0 spiro atoms. The van der Waals surface area contributed by atoms with Crippen molar-refractivity contribution >= 4 is 32.6 Å². The summed E-state index contributed by atoms with van der Waals surface area (Å²) in [6.45, 7) is 4.10. The topological polar surface area (TPSA) is 86.3 Å². The van der Waals surface area contributed by atoms with Gasteiger partial charge in [-0.05, 0) is 49.7 Å². The maximum Gasteiger partial charge on any atom is 0.224 e. The second-order valence-electron chi connectivity index (χ2n) is 10.9. The van der Waals surface area contributed by atoms with E-state index < -0.39 is 10.1 Å². The Labute approximate surface area is 248 Å². The molecule has 0 aliphatic carbocycles. The lowest BCUT2D eigenvalue weighted by Crippen LogP contribution is -2.11. The fraction of sp³-hybridized carbons (Fsp3) is 0.606. The molecule has 2 aromatic carbocycles. The van der Waals surface area contributed by atoms with Gasteiger partial charge in [-0.2, -0.15) is 0 Å². The van der Waals surface area contributed by atoms with Gasteiger partial charge in [-0.15, -0.1) is 0 Å². The number of amides is 1. The minimum absolute atomic E-state index is 0.152. The number of anilines is 1. The van der Waals surface area contributed by atoms with Crippen LogP contribution in [-0.2, 0) is 25.8 Å². The molecule has 0 fully saturated rings. The first-order valence-electron chi connectivity index (χ1n) is 15.1. The normalized spacial score (nSPS) is 11.2. The van der Waals surface area contributed by atoms with Crippen molar-refractivity contribution in [2.24, 2.45) is 0 Å². The summed E-state index contributed by atoms with van der Waals surface area (Å²) < 4.78 is 31.2. The standard InChI is InChI=1S/C26H45NOS.C7H8O3S/c1-4-5-6-7-8-9-10-11-12-13-14-15-16-17-18-19-26(28)27-24-20-22-25(23-21-24)29(2)3;1-6-2-4-7(5-3-6)11(8,9)10/h20-23H,4-19H2,1-3H3;2-5H,1H3,(H,8,9,10). The van der Waals surface area contributed by atoms with E-state index in [1.165, 1.54) is 107 Å². The predicted octanol–water partition coefficient (Wildman–Crippen LogP) is 9.02. The number of carbonyl (C=O) groups excluding carboxylic acids is 1. The molecule has 0 saturated heterocycles. The maximum absolute atomic E-state index is 12.1. The molecule has 1 N–H and O–H groups in total. The highest BCUT2D eigenvalue weighted by atomic mass is 32.2. The van der Waals surface area contributed by atoms with Crippen LogP contribution in [0.1, 0.15) is 115 Å². The molecule has 0 bridgehead atoms. The third-order valence-electron chi connectivity index (χ3n) is 6.93. The third kappa shape index (κ3) is 18.5. The monoisotopic (exact) mass is 591 g/mol. The fourth-order valence-electron chi connectivity index (χ4n) is 4.40. The minimum atomic E-state index is -4.27. The maximum atomic E-state index is 12.1. The van der Waals surface area contributed by atoms with Crippen molar-refractivity contribution in [3.05, 3.63) is 54.1 Å². The van der Waals surface area contributed by atoms with Gasteiger partial charge >= 0.3 is 0 Å². The van der Waals surface area contributed by atoms with E-state index in [1.54, 1.807) is 12.1 Å². The summed E-state index contributed by atoms with van der Waals surface area (Å²) in [4.78, 5) is 13.2. The average Bonchev–Trinajstić information content (AvgIpc) is 2.91. The molecule has 0 radical (unpaired) electrons. The van der Waals surface area contributed by atoms with Crippen molar-refractivity contribution in [3.63, 3.8) is 0 Å². The van der Waals surface area contributed by atoms with Crippen molar-refractivity contribution in [1.82, 2.24) is 0 Å². The van der Waals surface area contributed by atoms with Gasteiger partial charge in [-0.1, -0.05) is 115 Å². The lowest BCUT2D eigenvalue weighted by atomic mass is 10.0. The van der Waals surface area contributed by atoms with Crippen LogP contribution in [-0.4, -0.2) is 31.4 Å². The number of rotatable bonds is 19. The fourth-order valence-corrected chi connectivity index (χ4v) is 5.55. The SMILES string of the molecule is CCCCCCCCCCCCCCCCCC(=O)Nc1ccc([S+](C)C)cc1.Cc1ccc(S(=O)(=O)[O-])cc1. The Morgan fingerprint density at radius 3 is 1.52 bits per heavy atom. The number of aryl methyl sites for hydroxylation is 1. The quantitative estimate of drug-likeness (QED) is 0.100. The van der Waals surface area contributed by atoms with Gasteiger partial charge in [0.2, 0.25) is 5.91 Å². The largest absolute Gasteiger partial charge is 0.744 e. The van der Waals surface area contributed by atoms with E-state index in [-0.39, 0.29) is 21.7 Å². The highest BCUT2D eigenvalue weighted by molar-refractivity contribution is 7.95. The van der Waals surface area contributed by atoms with Crippen molar-refractivity contribution in [2.75, 3.05) is 17.8 Å². The Morgan fingerprint density at radius 1 is 0.700 bits per heavy atom. The zero-order chi connectivity index (χ0) is 29.6. The summed E-state index contributed by atoms with van der Waals surface area (Å²) in [6, 6.07) is 14.1. The van der Waals surface area contributed by atoms with Crippen molar-refractivity contribution in [1.29, 1.82) is 0 Å². The van der Waals surface area contributed by atoms with Gasteiger partial charge in [0.25, 0.3) is 0 Å². The van der Waals surface area contributed by atoms with Gasteiger partial charge in [0.1, 0.15) is 22.6 Å². The van der Waals surface area contributed by atoms with Crippen molar-refractivity contribution < 1.29 is 17.8 Å². The summed E-state index contributed by atoms with van der Waals surface area (Å²) in [5.41, 5.74) is 1.85. The number of nitrogens with one attached hydrogen (secondary N) is 1. The van der Waals surface area contributed by atoms with Gasteiger partial charge in [0, 0.05) is 23.0 Å². The highest BCUT2D eigenvalue weighted by Crippen LogP contribution is 2.16. The van der Waals surface area contributed by atoms with Gasteiger partial charge in [-0.3, -0.25) is 4.79 Å². The number of unbranched alkanes of at least 4 members (excludes halogenated alkanes) is 14. The lowest BCUT2D eigenvalue weighted by molar-refractivity contribution is -0.116. The molecule has 226 valence electrons. The molecule has 0 saturated carbocycles. The first-order chi connectivity index (χ1) is 19.1. The van der Waals surface area contributed by atoms with Crippen molar-refractivity contribution in [2.45, 2.75) is 126 Å². The molecular formula is C33H53NO4S2. The summed E-state index contributed by atoms with van der Waals surface area (Å²) in [5.74, 6) is 0.152. The van der Waals surface area contributed by atoms with Crippen LogP contribution < -0.4 is 5.32 Å². The Balaban J connectivity index is 0.000000603. The number of hydrogen-bond donors (Lipinski definition) is 1. The molecule has 1 amide bonds. The van der Waals surface area contributed by atoms with Crippen LogP contribution in [0, 0.1) is 6.92 Å². The molecule has 0 aromatic heterocycles. The molecular weight excluding hydrogens is 539 g/mol. The molecule has 0 aliphatic rings. The van der Waals surface area contributed by atoms with Crippen LogP contribution in [0.25, 0.3) is 0 Å². The van der Waals surface area contributed by atoms with E-state index in [0.29, 0.717) is 6.42 Å². The van der Waals surface area contributed by atoms with Crippen LogP contribution in [0.3, 0.4) is 0 Å². The van der Waals surface area contributed by atoms with Gasteiger partial charge in [0.15, 0.2) is 4.90 Å². The number of hydrogen-bond acceptors (Lipinski definition) is 4. The number of benzene rings is 2. The van der Waals surface area contributed by atoms with E-state index in [1.807, 2.05) is 19.1 Å². The summed E-state index contributed by atoms with van der Waals surface area (Å²) >= 11 is 0. The highest BCUT2D eigenvalue weighted by Gasteiger charge is 2.08. The van der Waals surface area contributed by atoms with E-state index in [4.69, 9.17) is 0 Å². The van der Waals surface area contributed by atoms with Gasteiger partial charge < -0.3 is 9.87 Å². The second-order valence-corrected chi connectivity index (χ2v) is 14.3. The van der Waals surface area contributed by atoms with Crippen LogP contribution in [0.15, 0.2) is 58.3 Å². The van der Waals surface area contributed by atoms with Crippen LogP contribution in [0.5, 0.6) is 0 Å². The molecule has 2 aromatic rings. The van der Waals surface area contributed by atoms with Crippen molar-refractivity contribution in [3.8, 4) is 0 Å². The van der Waals surface area contributed by atoms with Crippen LogP contribution >= 0.6 is 0 Å². The molecule has 0 heterocycles. The average molecular weight is 592 g/mol. The smallest absolute Gasteiger partial charge is 0.224 e. The van der Waals surface area contributed by atoms with E-state index in [9.17, 15) is 17.8 Å². The van der Waals surface area contributed by atoms with Gasteiger partial charge in [0.05, 0.1) is 4.90 Å². The Hall–Kier alpha value is -1.83. The first-order valence-corrected chi connectivity index (χ1v) is 18.6. The lowest BCUT2D eigenvalue weighted by Gasteiger charge is -2.06. The van der Waals surface area contributed by atoms with Gasteiger partial charge in [-0.25, -0.2) is 8.42 Å². The zero-order valence-electron chi connectivity index (χ0n) is 25.4. The molecule has 40 heavy (non-hydrogen) atoms. The van der Waals surface area contributed by atoms with Crippen LogP contribution in [0.2, 0.25) is 0 Å². The summed E-state index contributed by atoms with van der Waals surface area (Å²) in [6.07, 6.45) is 25.4. The summed E-state index contributed by atoms with van der Waals surface area (Å²) in [5, 5.41) is 3.02. The molecule has 5 nitrogen and oxygen atoms in total. The molecule has 0 aliphatic heterocycles. The zero-order valence-corrected chi connectivity index (χ0v) is 27.0. The third-order valence-corrected chi connectivity index (χ3v) is 8.99. The molecule has 0 unspecified atom stereocenters. The predicted molar refractivity (Wildman–Crippen MR) is 171 cm³/mol.